The zero-order valence-electron chi connectivity index (χ0n) is 12.7. The molecule has 0 spiro atoms. The summed E-state index contributed by atoms with van der Waals surface area (Å²) in [5.74, 6) is 0.654. The first-order chi connectivity index (χ1) is 9.60. The molecule has 0 unspecified atom stereocenters. The molecule has 4 nitrogen and oxygen atoms in total. The number of nitrogens with two attached hydrogens (primary N) is 1. The molecule has 1 aromatic carbocycles. The number of benzene rings is 1. The number of ether oxygens (including phenoxy) is 1. The van der Waals surface area contributed by atoms with Crippen molar-refractivity contribution in [3.05, 3.63) is 29.8 Å². The Balaban J connectivity index is 2.59. The summed E-state index contributed by atoms with van der Waals surface area (Å²) >= 11 is 0. The van der Waals surface area contributed by atoms with Gasteiger partial charge in [0, 0.05) is 6.54 Å². The van der Waals surface area contributed by atoms with E-state index in [0.717, 1.165) is 30.6 Å². The van der Waals surface area contributed by atoms with Crippen LogP contribution in [-0.4, -0.2) is 24.6 Å². The molecule has 1 rings (SSSR count). The van der Waals surface area contributed by atoms with Crippen LogP contribution >= 0.6 is 0 Å². The summed E-state index contributed by atoms with van der Waals surface area (Å²) in [6.45, 7) is 6.60. The topological polar surface area (TPSA) is 64.3 Å². The normalized spacial score (nSPS) is 11.2. The molecule has 0 heterocycles. The fourth-order valence-corrected chi connectivity index (χ4v) is 2.18. The van der Waals surface area contributed by atoms with Crippen LogP contribution in [0.5, 0.6) is 5.75 Å². The second kappa shape index (κ2) is 7.90. The van der Waals surface area contributed by atoms with Crippen LogP contribution in [0.15, 0.2) is 24.3 Å². The number of carbonyl (C=O) groups excluding carboxylic acids is 1. The van der Waals surface area contributed by atoms with Gasteiger partial charge in [-0.25, -0.2) is 0 Å². The molecule has 0 aliphatic heterocycles. The molecule has 0 aliphatic rings. The summed E-state index contributed by atoms with van der Waals surface area (Å²) < 4.78 is 5.62. The molecular weight excluding hydrogens is 252 g/mol. The highest BCUT2D eigenvalue weighted by Crippen LogP contribution is 2.18. The van der Waals surface area contributed by atoms with Crippen molar-refractivity contribution in [3.8, 4) is 5.75 Å². The fourth-order valence-electron chi connectivity index (χ4n) is 2.18. The van der Waals surface area contributed by atoms with Crippen molar-refractivity contribution in [1.82, 2.24) is 5.32 Å². The number of hydrogen-bond acceptors (Lipinski definition) is 3. The van der Waals surface area contributed by atoms with Crippen LogP contribution in [0.25, 0.3) is 0 Å². The van der Waals surface area contributed by atoms with Crippen molar-refractivity contribution in [2.45, 2.75) is 45.6 Å². The number of para-hydroxylation sites is 1. The molecule has 112 valence electrons. The number of hydrogen-bond donors (Lipinski definition) is 2. The molecule has 0 radical (unpaired) electrons. The lowest BCUT2D eigenvalue weighted by Crippen LogP contribution is -2.54. The Morgan fingerprint density at radius 1 is 1.25 bits per heavy atom. The Morgan fingerprint density at radius 3 is 2.45 bits per heavy atom. The van der Waals surface area contributed by atoms with Crippen LogP contribution < -0.4 is 15.8 Å². The SMILES string of the molecule is CCc1ccccc1OCC(=O)NC(CC)(CC)CN. The number of nitrogens with one attached hydrogen (secondary N) is 1. The summed E-state index contributed by atoms with van der Waals surface area (Å²) in [4.78, 5) is 12.0. The molecule has 0 saturated carbocycles. The molecular formula is C16H26N2O2. The van der Waals surface area contributed by atoms with E-state index in [-0.39, 0.29) is 18.1 Å². The molecule has 4 heteroatoms. The Kier molecular flexibility index (Phi) is 6.52. The van der Waals surface area contributed by atoms with E-state index in [4.69, 9.17) is 10.5 Å². The lowest BCUT2D eigenvalue weighted by Gasteiger charge is -2.31. The molecule has 3 N–H and O–H groups in total. The minimum Gasteiger partial charge on any atom is -0.483 e. The van der Waals surface area contributed by atoms with Crippen LogP contribution in [0.3, 0.4) is 0 Å². The summed E-state index contributed by atoms with van der Waals surface area (Å²) in [6.07, 6.45) is 2.52. The molecule has 1 amide bonds. The highest BCUT2D eigenvalue weighted by Gasteiger charge is 2.26. The Labute approximate surface area is 121 Å². The quantitative estimate of drug-likeness (QED) is 0.766. The average Bonchev–Trinajstić information content (AvgIpc) is 2.51. The van der Waals surface area contributed by atoms with E-state index < -0.39 is 0 Å². The monoisotopic (exact) mass is 278 g/mol. The van der Waals surface area contributed by atoms with Crippen molar-refractivity contribution in [2.24, 2.45) is 5.73 Å². The first-order valence-electron chi connectivity index (χ1n) is 7.32. The van der Waals surface area contributed by atoms with Crippen LogP contribution in [0, 0.1) is 0 Å². The van der Waals surface area contributed by atoms with Gasteiger partial charge in [-0.05, 0) is 30.9 Å². The summed E-state index contributed by atoms with van der Waals surface area (Å²) in [5, 5.41) is 3.00. The van der Waals surface area contributed by atoms with E-state index in [0.29, 0.717) is 6.54 Å². The van der Waals surface area contributed by atoms with Crippen molar-refractivity contribution >= 4 is 5.91 Å². The third-order valence-electron chi connectivity index (χ3n) is 3.86. The summed E-state index contributed by atoms with van der Waals surface area (Å²) in [6, 6.07) is 7.78. The largest absolute Gasteiger partial charge is 0.483 e. The minimum absolute atomic E-state index is 0.0266. The van der Waals surface area contributed by atoms with E-state index in [1.54, 1.807) is 0 Å². The average molecular weight is 278 g/mol. The second-order valence-corrected chi connectivity index (χ2v) is 4.99. The van der Waals surface area contributed by atoms with Gasteiger partial charge in [-0.2, -0.15) is 0 Å². The zero-order valence-corrected chi connectivity index (χ0v) is 12.7. The number of carbonyl (C=O) groups is 1. The molecule has 0 atom stereocenters. The van der Waals surface area contributed by atoms with Crippen molar-refractivity contribution in [2.75, 3.05) is 13.2 Å². The lowest BCUT2D eigenvalue weighted by atomic mass is 9.93. The third kappa shape index (κ3) is 4.23. The lowest BCUT2D eigenvalue weighted by molar-refractivity contribution is -0.125. The highest BCUT2D eigenvalue weighted by atomic mass is 16.5. The van der Waals surface area contributed by atoms with Gasteiger partial charge in [-0.3, -0.25) is 4.79 Å². The van der Waals surface area contributed by atoms with Gasteiger partial charge in [0.05, 0.1) is 5.54 Å². The molecule has 0 fully saturated rings. The highest BCUT2D eigenvalue weighted by molar-refractivity contribution is 5.78. The standard InChI is InChI=1S/C16H26N2O2/c1-4-13-9-7-8-10-14(13)20-11-15(19)18-16(5-2,6-3)12-17/h7-10H,4-6,11-12,17H2,1-3H3,(H,18,19). The number of amides is 1. The van der Waals surface area contributed by atoms with Gasteiger partial charge in [0.25, 0.3) is 5.91 Å². The first-order valence-corrected chi connectivity index (χ1v) is 7.32. The molecule has 0 aromatic heterocycles. The molecule has 1 aromatic rings. The van der Waals surface area contributed by atoms with Gasteiger partial charge in [0.2, 0.25) is 0 Å². The Hall–Kier alpha value is -1.55. The van der Waals surface area contributed by atoms with Gasteiger partial charge in [-0.1, -0.05) is 39.0 Å². The predicted octanol–water partition coefficient (Wildman–Crippen LogP) is 2.26. The van der Waals surface area contributed by atoms with E-state index in [1.165, 1.54) is 0 Å². The third-order valence-corrected chi connectivity index (χ3v) is 3.86. The van der Waals surface area contributed by atoms with Crippen molar-refractivity contribution < 1.29 is 9.53 Å². The minimum atomic E-state index is -0.315. The zero-order chi connectivity index (χ0) is 15.0. The van der Waals surface area contributed by atoms with Crippen LogP contribution in [0.1, 0.15) is 39.2 Å². The molecule has 0 saturated heterocycles. The van der Waals surface area contributed by atoms with Gasteiger partial charge in [0.15, 0.2) is 6.61 Å². The fraction of sp³-hybridized carbons (Fsp3) is 0.562. The summed E-state index contributed by atoms with van der Waals surface area (Å²) in [7, 11) is 0. The molecule has 20 heavy (non-hydrogen) atoms. The Morgan fingerprint density at radius 2 is 1.90 bits per heavy atom. The Bertz CT molecular complexity index is 420. The van der Waals surface area contributed by atoms with Gasteiger partial charge in [0.1, 0.15) is 5.75 Å². The maximum Gasteiger partial charge on any atom is 0.258 e. The predicted molar refractivity (Wildman–Crippen MR) is 81.8 cm³/mol. The van der Waals surface area contributed by atoms with E-state index >= 15 is 0 Å². The second-order valence-electron chi connectivity index (χ2n) is 4.99. The van der Waals surface area contributed by atoms with Crippen LogP contribution in [-0.2, 0) is 11.2 Å². The van der Waals surface area contributed by atoms with Crippen molar-refractivity contribution in [3.63, 3.8) is 0 Å². The van der Waals surface area contributed by atoms with Gasteiger partial charge in [-0.15, -0.1) is 0 Å². The van der Waals surface area contributed by atoms with E-state index in [9.17, 15) is 4.79 Å². The van der Waals surface area contributed by atoms with Gasteiger partial charge < -0.3 is 15.8 Å². The van der Waals surface area contributed by atoms with Gasteiger partial charge >= 0.3 is 0 Å². The molecule has 0 bridgehead atoms. The maximum absolute atomic E-state index is 12.0. The van der Waals surface area contributed by atoms with E-state index in [2.05, 4.69) is 12.2 Å². The van der Waals surface area contributed by atoms with Crippen molar-refractivity contribution in [1.29, 1.82) is 0 Å². The summed E-state index contributed by atoms with van der Waals surface area (Å²) in [5.41, 5.74) is 6.57. The first kappa shape index (κ1) is 16.5. The smallest absolute Gasteiger partial charge is 0.258 e. The van der Waals surface area contributed by atoms with E-state index in [1.807, 2.05) is 38.1 Å². The van der Waals surface area contributed by atoms with Crippen LogP contribution in [0.4, 0.5) is 0 Å². The maximum atomic E-state index is 12.0. The molecule has 0 aliphatic carbocycles. The number of rotatable bonds is 8. The van der Waals surface area contributed by atoms with Crippen LogP contribution in [0.2, 0.25) is 0 Å². The number of aryl methyl sites for hydroxylation is 1.